The molecule has 0 saturated heterocycles. The van der Waals surface area contributed by atoms with Crippen LogP contribution < -0.4 is 20.1 Å². The molecule has 136 valence electrons. The van der Waals surface area contributed by atoms with E-state index >= 15 is 0 Å². The van der Waals surface area contributed by atoms with Crippen molar-refractivity contribution in [2.24, 2.45) is 0 Å². The lowest BCUT2D eigenvalue weighted by Crippen LogP contribution is -2.15. The van der Waals surface area contributed by atoms with E-state index in [4.69, 9.17) is 9.47 Å². The van der Waals surface area contributed by atoms with E-state index in [1.807, 2.05) is 36.4 Å². The van der Waals surface area contributed by atoms with Crippen LogP contribution in [0.15, 0.2) is 36.4 Å². The summed E-state index contributed by atoms with van der Waals surface area (Å²) in [5.41, 5.74) is 3.12. The van der Waals surface area contributed by atoms with Gasteiger partial charge in [-0.15, -0.1) is 0 Å². The second-order valence-electron chi connectivity index (χ2n) is 6.19. The fraction of sp³-hybridized carbons (Fsp3) is 0.167. The molecular weight excluding hydrogens is 348 g/mol. The number of nitrogens with one attached hydrogen (secondary N) is 3. The number of carbonyl (C=O) groups excluding carboxylic acids is 1. The second-order valence-corrected chi connectivity index (χ2v) is 6.19. The third kappa shape index (κ3) is 2.78. The van der Waals surface area contributed by atoms with Crippen molar-refractivity contribution in [1.29, 1.82) is 0 Å². The number of ether oxygens (including phenoxy) is 2. The van der Waals surface area contributed by atoms with E-state index in [1.54, 1.807) is 4.52 Å². The van der Waals surface area contributed by atoms with E-state index in [-0.39, 0.29) is 5.91 Å². The summed E-state index contributed by atoms with van der Waals surface area (Å²) < 4.78 is 13.0. The molecule has 1 amide bonds. The molecule has 1 aliphatic heterocycles. The third-order valence-electron chi connectivity index (χ3n) is 4.18. The smallest absolute Gasteiger partial charge is 0.253 e. The minimum atomic E-state index is -0.121. The van der Waals surface area contributed by atoms with Gasteiger partial charge in [-0.3, -0.25) is 9.89 Å². The van der Waals surface area contributed by atoms with Crippen molar-refractivity contribution in [2.75, 3.05) is 23.8 Å². The number of nitrogens with zero attached hydrogens (tertiary/aromatic N) is 3. The molecule has 0 unspecified atom stereocenters. The summed E-state index contributed by atoms with van der Waals surface area (Å²) in [4.78, 5) is 20.2. The maximum absolute atomic E-state index is 11.2. The van der Waals surface area contributed by atoms with Crippen LogP contribution in [0.3, 0.4) is 0 Å². The van der Waals surface area contributed by atoms with Crippen molar-refractivity contribution in [3.8, 4) is 11.5 Å². The fourth-order valence-electron chi connectivity index (χ4n) is 3.09. The number of H-pyrrole nitrogens is 1. The van der Waals surface area contributed by atoms with Crippen molar-refractivity contribution in [3.63, 3.8) is 0 Å². The predicted octanol–water partition coefficient (Wildman–Crippen LogP) is 2.68. The average Bonchev–Trinajstić information content (AvgIpc) is 3.16. The number of anilines is 3. The van der Waals surface area contributed by atoms with Gasteiger partial charge in [-0.1, -0.05) is 6.07 Å². The van der Waals surface area contributed by atoms with Gasteiger partial charge in [0.2, 0.25) is 11.9 Å². The quantitative estimate of drug-likeness (QED) is 0.516. The Morgan fingerprint density at radius 1 is 1.11 bits per heavy atom. The van der Waals surface area contributed by atoms with Gasteiger partial charge in [0.1, 0.15) is 13.2 Å². The molecular formula is C18H16N6O3. The first-order valence-corrected chi connectivity index (χ1v) is 8.48. The summed E-state index contributed by atoms with van der Waals surface area (Å²) in [5, 5.41) is 9.12. The summed E-state index contributed by atoms with van der Waals surface area (Å²) in [6.07, 6.45) is 0. The molecule has 1 aliphatic rings. The van der Waals surface area contributed by atoms with Crippen LogP contribution in [0.2, 0.25) is 0 Å². The standard InChI is InChI=1S/C18H16N6O3/c1-10(25)19-11-3-2-4-12(7-11)20-17-22-18-21-13-8-15-16(27-6-5-26-15)9-14(13)24(18)23-17/h2-4,7-9H,5-6H2,1H3,(H,19,25)(H2,20,21,22,23). The van der Waals surface area contributed by atoms with E-state index in [9.17, 15) is 4.79 Å². The molecule has 4 aromatic rings. The van der Waals surface area contributed by atoms with Gasteiger partial charge in [0.05, 0.1) is 11.0 Å². The van der Waals surface area contributed by atoms with Crippen molar-refractivity contribution in [1.82, 2.24) is 19.6 Å². The number of amides is 1. The Bertz CT molecular complexity index is 1180. The van der Waals surface area contributed by atoms with Gasteiger partial charge in [0, 0.05) is 30.4 Å². The summed E-state index contributed by atoms with van der Waals surface area (Å²) in [5.74, 6) is 2.34. The number of fused-ring (bicyclic) bond motifs is 4. The number of aromatic nitrogens is 4. The maximum Gasteiger partial charge on any atom is 0.253 e. The molecule has 9 nitrogen and oxygen atoms in total. The van der Waals surface area contributed by atoms with Crippen LogP contribution >= 0.6 is 0 Å². The lowest BCUT2D eigenvalue weighted by Gasteiger charge is -2.17. The number of benzene rings is 2. The van der Waals surface area contributed by atoms with E-state index < -0.39 is 0 Å². The van der Waals surface area contributed by atoms with Crippen LogP contribution in [0.1, 0.15) is 6.92 Å². The number of hydrogen-bond acceptors (Lipinski definition) is 6. The van der Waals surface area contributed by atoms with Crippen molar-refractivity contribution in [3.05, 3.63) is 36.4 Å². The lowest BCUT2D eigenvalue weighted by molar-refractivity contribution is -0.114. The molecule has 2 aromatic carbocycles. The molecule has 27 heavy (non-hydrogen) atoms. The van der Waals surface area contributed by atoms with E-state index in [2.05, 4.69) is 25.7 Å². The first-order valence-electron chi connectivity index (χ1n) is 8.48. The number of aromatic amines is 1. The highest BCUT2D eigenvalue weighted by atomic mass is 16.6. The highest BCUT2D eigenvalue weighted by Gasteiger charge is 2.17. The summed E-state index contributed by atoms with van der Waals surface area (Å²) in [6.45, 7) is 2.54. The van der Waals surface area contributed by atoms with Gasteiger partial charge < -0.3 is 20.1 Å². The zero-order chi connectivity index (χ0) is 18.4. The topological polar surface area (TPSA) is 106 Å². The van der Waals surface area contributed by atoms with Gasteiger partial charge >= 0.3 is 0 Å². The molecule has 0 saturated carbocycles. The van der Waals surface area contributed by atoms with Crippen LogP contribution in [-0.4, -0.2) is 38.7 Å². The van der Waals surface area contributed by atoms with E-state index in [1.165, 1.54) is 6.92 Å². The predicted molar refractivity (Wildman–Crippen MR) is 99.9 cm³/mol. The summed E-state index contributed by atoms with van der Waals surface area (Å²) >= 11 is 0. The van der Waals surface area contributed by atoms with Gasteiger partial charge in [0.25, 0.3) is 5.78 Å². The molecule has 0 fully saturated rings. The van der Waals surface area contributed by atoms with Crippen LogP contribution in [0.25, 0.3) is 16.8 Å². The molecule has 5 rings (SSSR count). The minimum absolute atomic E-state index is 0.121. The SMILES string of the molecule is CC(=O)Nc1cccc(Nc2nc3nc4cc5c(cc4n3[nH]2)OCCO5)c1. The average molecular weight is 364 g/mol. The number of carbonyl (C=O) groups is 1. The normalized spacial score (nSPS) is 13.1. The molecule has 0 atom stereocenters. The second kappa shape index (κ2) is 5.90. The van der Waals surface area contributed by atoms with Crippen LogP contribution in [0, 0.1) is 0 Å². The number of hydrogen-bond donors (Lipinski definition) is 3. The third-order valence-corrected chi connectivity index (χ3v) is 4.18. The molecule has 0 bridgehead atoms. The van der Waals surface area contributed by atoms with Gasteiger partial charge in [-0.2, -0.15) is 4.98 Å². The highest BCUT2D eigenvalue weighted by molar-refractivity contribution is 5.89. The zero-order valence-corrected chi connectivity index (χ0v) is 14.4. The molecule has 0 spiro atoms. The van der Waals surface area contributed by atoms with Crippen LogP contribution in [0.4, 0.5) is 17.3 Å². The Kier molecular flexibility index (Phi) is 3.39. The Hall–Kier alpha value is -3.75. The molecule has 2 aromatic heterocycles. The number of rotatable bonds is 3. The fourth-order valence-corrected chi connectivity index (χ4v) is 3.09. The van der Waals surface area contributed by atoms with Crippen LogP contribution in [0.5, 0.6) is 11.5 Å². The van der Waals surface area contributed by atoms with E-state index in [0.29, 0.717) is 42.1 Å². The van der Waals surface area contributed by atoms with E-state index in [0.717, 1.165) is 16.7 Å². The van der Waals surface area contributed by atoms with Crippen molar-refractivity contribution < 1.29 is 14.3 Å². The van der Waals surface area contributed by atoms with Gasteiger partial charge in [0.15, 0.2) is 11.5 Å². The molecule has 0 radical (unpaired) electrons. The van der Waals surface area contributed by atoms with Crippen molar-refractivity contribution >= 4 is 40.0 Å². The molecule has 9 heteroatoms. The minimum Gasteiger partial charge on any atom is -0.486 e. The zero-order valence-electron chi connectivity index (χ0n) is 14.4. The Balaban J connectivity index is 1.49. The number of imidazole rings is 1. The first kappa shape index (κ1) is 15.5. The maximum atomic E-state index is 11.2. The summed E-state index contributed by atoms with van der Waals surface area (Å²) in [7, 11) is 0. The van der Waals surface area contributed by atoms with Gasteiger partial charge in [-0.25, -0.2) is 9.50 Å². The largest absolute Gasteiger partial charge is 0.486 e. The molecule has 0 aliphatic carbocycles. The van der Waals surface area contributed by atoms with Gasteiger partial charge in [-0.05, 0) is 18.2 Å². The Morgan fingerprint density at radius 3 is 2.70 bits per heavy atom. The first-order chi connectivity index (χ1) is 13.2. The Labute approximate surface area is 153 Å². The Morgan fingerprint density at radius 2 is 1.89 bits per heavy atom. The lowest BCUT2D eigenvalue weighted by atomic mass is 10.2. The molecule has 3 heterocycles. The monoisotopic (exact) mass is 364 g/mol. The van der Waals surface area contributed by atoms with Crippen LogP contribution in [-0.2, 0) is 4.79 Å². The van der Waals surface area contributed by atoms with Crippen molar-refractivity contribution in [2.45, 2.75) is 6.92 Å². The summed E-state index contributed by atoms with van der Waals surface area (Å²) in [6, 6.07) is 11.1. The highest BCUT2D eigenvalue weighted by Crippen LogP contribution is 2.34. The molecule has 3 N–H and O–H groups in total.